The van der Waals surface area contributed by atoms with Gasteiger partial charge in [0.25, 0.3) is 0 Å². The maximum atomic E-state index is 12.2. The summed E-state index contributed by atoms with van der Waals surface area (Å²) in [5.41, 5.74) is -1.19. The number of carbonyl (C=O) groups is 2. The van der Waals surface area contributed by atoms with E-state index in [0.29, 0.717) is 4.90 Å². The molecule has 0 fully saturated rings. The normalized spacial score (nSPS) is 14.6. The summed E-state index contributed by atoms with van der Waals surface area (Å²) in [6.45, 7) is 2.79. The van der Waals surface area contributed by atoms with Crippen molar-refractivity contribution in [2.75, 3.05) is 19.6 Å². The second-order valence-electron chi connectivity index (χ2n) is 4.51. The summed E-state index contributed by atoms with van der Waals surface area (Å²) in [5, 5.41) is 11.2. The second kappa shape index (κ2) is 6.63. The van der Waals surface area contributed by atoms with E-state index in [1.54, 1.807) is 6.92 Å². The number of halogens is 3. The van der Waals surface area contributed by atoms with Crippen LogP contribution in [0.5, 0.6) is 0 Å². The van der Waals surface area contributed by atoms with Crippen LogP contribution in [0.25, 0.3) is 0 Å². The molecule has 112 valence electrons. The first kappa shape index (κ1) is 17.5. The number of urea groups is 1. The van der Waals surface area contributed by atoms with E-state index in [1.807, 2.05) is 0 Å². The number of carboxylic acid groups (broad SMARTS) is 1. The highest BCUT2D eigenvalue weighted by Crippen LogP contribution is 2.20. The Bertz CT molecular complexity index is 334. The summed E-state index contributed by atoms with van der Waals surface area (Å²) in [6, 6.07) is -0.916. The first-order valence-corrected chi connectivity index (χ1v) is 5.88. The lowest BCUT2D eigenvalue weighted by Gasteiger charge is -2.27. The van der Waals surface area contributed by atoms with Gasteiger partial charge in [-0.05, 0) is 20.3 Å². The number of carboxylic acids is 1. The minimum atomic E-state index is -4.48. The highest BCUT2D eigenvalue weighted by molar-refractivity contribution is 5.77. The standard InChI is InChI=1S/C11H19F3N2O3/c1-4-10(3,8(17)18)6-15-9(19)16(5-2)7-11(12,13)14/h4-7H2,1-3H3,(H,15,19)(H,17,18). The van der Waals surface area contributed by atoms with E-state index in [9.17, 15) is 22.8 Å². The number of aliphatic carboxylic acids is 1. The predicted octanol–water partition coefficient (Wildman–Crippen LogP) is 2.08. The smallest absolute Gasteiger partial charge is 0.406 e. The fraction of sp³-hybridized carbons (Fsp3) is 0.818. The minimum absolute atomic E-state index is 0.110. The van der Waals surface area contributed by atoms with Crippen LogP contribution in [0.3, 0.4) is 0 Å². The molecule has 19 heavy (non-hydrogen) atoms. The molecule has 5 nitrogen and oxygen atoms in total. The molecule has 0 aliphatic carbocycles. The largest absolute Gasteiger partial charge is 0.481 e. The molecule has 0 aromatic rings. The highest BCUT2D eigenvalue weighted by atomic mass is 19.4. The molecule has 0 rings (SSSR count). The molecule has 1 atom stereocenters. The lowest BCUT2D eigenvalue weighted by Crippen LogP contribution is -2.48. The minimum Gasteiger partial charge on any atom is -0.481 e. The molecular formula is C11H19F3N2O3. The fourth-order valence-electron chi connectivity index (χ4n) is 1.28. The van der Waals surface area contributed by atoms with E-state index in [4.69, 9.17) is 5.11 Å². The van der Waals surface area contributed by atoms with Crippen LogP contribution in [0.1, 0.15) is 27.2 Å². The van der Waals surface area contributed by atoms with Crippen molar-refractivity contribution in [1.82, 2.24) is 10.2 Å². The highest BCUT2D eigenvalue weighted by Gasteiger charge is 2.35. The lowest BCUT2D eigenvalue weighted by molar-refractivity contribution is -0.148. The van der Waals surface area contributed by atoms with E-state index in [1.165, 1.54) is 13.8 Å². The fourth-order valence-corrected chi connectivity index (χ4v) is 1.28. The number of alkyl halides is 3. The SMILES string of the molecule is CCN(CC(F)(F)F)C(=O)NCC(C)(CC)C(=O)O. The second-order valence-corrected chi connectivity index (χ2v) is 4.51. The van der Waals surface area contributed by atoms with Crippen LogP contribution in [0.2, 0.25) is 0 Å². The summed E-state index contributed by atoms with van der Waals surface area (Å²) in [5.74, 6) is -1.10. The van der Waals surface area contributed by atoms with Crippen molar-refractivity contribution < 1.29 is 27.9 Å². The van der Waals surface area contributed by atoms with Crippen LogP contribution in [0.4, 0.5) is 18.0 Å². The molecule has 0 bridgehead atoms. The molecule has 1 unspecified atom stereocenters. The molecule has 0 spiro atoms. The molecular weight excluding hydrogens is 265 g/mol. The summed E-state index contributed by atoms with van der Waals surface area (Å²) in [7, 11) is 0. The molecule has 8 heteroatoms. The van der Waals surface area contributed by atoms with E-state index < -0.39 is 30.1 Å². The summed E-state index contributed by atoms with van der Waals surface area (Å²) in [4.78, 5) is 23.1. The molecule has 2 N–H and O–H groups in total. The number of carbonyl (C=O) groups excluding carboxylic acids is 1. The van der Waals surface area contributed by atoms with Gasteiger partial charge in [0.1, 0.15) is 6.54 Å². The Hall–Kier alpha value is -1.47. The Balaban J connectivity index is 4.55. The van der Waals surface area contributed by atoms with Crippen LogP contribution in [0.15, 0.2) is 0 Å². The van der Waals surface area contributed by atoms with Crippen molar-refractivity contribution in [3.8, 4) is 0 Å². The molecule has 0 aromatic carbocycles. The van der Waals surface area contributed by atoms with E-state index in [2.05, 4.69) is 5.32 Å². The number of nitrogens with zero attached hydrogens (tertiary/aromatic N) is 1. The summed E-state index contributed by atoms with van der Waals surface area (Å²) in [6.07, 6.45) is -4.22. The van der Waals surface area contributed by atoms with Gasteiger partial charge in [-0.15, -0.1) is 0 Å². The van der Waals surface area contributed by atoms with E-state index >= 15 is 0 Å². The molecule has 0 radical (unpaired) electrons. The zero-order valence-corrected chi connectivity index (χ0v) is 11.2. The van der Waals surface area contributed by atoms with Crippen LogP contribution in [-0.4, -0.2) is 47.8 Å². The number of hydrogen-bond acceptors (Lipinski definition) is 2. The van der Waals surface area contributed by atoms with Crippen molar-refractivity contribution in [3.63, 3.8) is 0 Å². The molecule has 0 aliphatic rings. The quantitative estimate of drug-likeness (QED) is 0.784. The third-order valence-corrected chi connectivity index (χ3v) is 2.97. The van der Waals surface area contributed by atoms with Gasteiger partial charge in [0, 0.05) is 13.1 Å². The topological polar surface area (TPSA) is 69.6 Å². The van der Waals surface area contributed by atoms with Crippen molar-refractivity contribution in [2.24, 2.45) is 5.41 Å². The van der Waals surface area contributed by atoms with Gasteiger partial charge in [-0.1, -0.05) is 6.92 Å². The molecule has 0 saturated carbocycles. The Morgan fingerprint density at radius 3 is 2.11 bits per heavy atom. The number of hydrogen-bond donors (Lipinski definition) is 2. The predicted molar refractivity (Wildman–Crippen MR) is 62.7 cm³/mol. The zero-order valence-electron chi connectivity index (χ0n) is 11.2. The van der Waals surface area contributed by atoms with Gasteiger partial charge in [0.05, 0.1) is 5.41 Å². The summed E-state index contributed by atoms with van der Waals surface area (Å²) < 4.78 is 36.6. The molecule has 0 heterocycles. The van der Waals surface area contributed by atoms with Crippen molar-refractivity contribution in [2.45, 2.75) is 33.4 Å². The number of amides is 2. The zero-order chi connectivity index (χ0) is 15.3. The van der Waals surface area contributed by atoms with E-state index in [-0.39, 0.29) is 19.5 Å². The van der Waals surface area contributed by atoms with Gasteiger partial charge >= 0.3 is 18.2 Å². The monoisotopic (exact) mass is 284 g/mol. The van der Waals surface area contributed by atoms with Gasteiger partial charge in [-0.3, -0.25) is 4.79 Å². The summed E-state index contributed by atoms with van der Waals surface area (Å²) >= 11 is 0. The Labute approximate surface area is 109 Å². The third kappa shape index (κ3) is 5.80. The molecule has 0 aromatic heterocycles. The first-order chi connectivity index (χ1) is 8.55. The molecule has 2 amide bonds. The van der Waals surface area contributed by atoms with Crippen LogP contribution in [-0.2, 0) is 4.79 Å². The number of nitrogens with one attached hydrogen (secondary N) is 1. The van der Waals surface area contributed by atoms with Crippen molar-refractivity contribution >= 4 is 12.0 Å². The van der Waals surface area contributed by atoms with Crippen molar-refractivity contribution in [3.05, 3.63) is 0 Å². The van der Waals surface area contributed by atoms with Gasteiger partial charge in [-0.2, -0.15) is 13.2 Å². The van der Waals surface area contributed by atoms with Gasteiger partial charge in [0.15, 0.2) is 0 Å². The first-order valence-electron chi connectivity index (χ1n) is 5.88. The number of rotatable bonds is 6. The average molecular weight is 284 g/mol. The van der Waals surface area contributed by atoms with Gasteiger partial charge < -0.3 is 15.3 Å². The Morgan fingerprint density at radius 1 is 1.26 bits per heavy atom. The average Bonchev–Trinajstić information content (AvgIpc) is 2.31. The molecule has 0 saturated heterocycles. The van der Waals surface area contributed by atoms with Crippen LogP contribution >= 0.6 is 0 Å². The third-order valence-electron chi connectivity index (χ3n) is 2.97. The molecule has 0 aliphatic heterocycles. The maximum Gasteiger partial charge on any atom is 0.406 e. The van der Waals surface area contributed by atoms with Crippen LogP contribution < -0.4 is 5.32 Å². The van der Waals surface area contributed by atoms with Crippen molar-refractivity contribution in [1.29, 1.82) is 0 Å². The van der Waals surface area contributed by atoms with Crippen LogP contribution in [0, 0.1) is 5.41 Å². The maximum absolute atomic E-state index is 12.2. The lowest BCUT2D eigenvalue weighted by atomic mass is 9.88. The van der Waals surface area contributed by atoms with E-state index in [0.717, 1.165) is 0 Å². The van der Waals surface area contributed by atoms with Gasteiger partial charge in [0.2, 0.25) is 0 Å². The Morgan fingerprint density at radius 2 is 1.79 bits per heavy atom. The van der Waals surface area contributed by atoms with Gasteiger partial charge in [-0.25, -0.2) is 4.79 Å². The Kier molecular flexibility index (Phi) is 6.11.